The molecule has 0 saturated carbocycles. The van der Waals surface area contributed by atoms with E-state index in [1.165, 1.54) is 5.01 Å². The minimum absolute atomic E-state index is 0.000335. The van der Waals surface area contributed by atoms with Crippen molar-refractivity contribution >= 4 is 11.8 Å². The third kappa shape index (κ3) is 5.03. The molecule has 2 amide bonds. The van der Waals surface area contributed by atoms with Gasteiger partial charge in [-0.05, 0) is 32.0 Å². The van der Waals surface area contributed by atoms with E-state index in [-0.39, 0.29) is 47.2 Å². The van der Waals surface area contributed by atoms with Gasteiger partial charge in [-0.15, -0.1) is 5.01 Å². The Bertz CT molecular complexity index is 581. The number of ether oxygens (including phenoxy) is 1. The zero-order chi connectivity index (χ0) is 20.8. The van der Waals surface area contributed by atoms with Gasteiger partial charge in [0.15, 0.2) is 0 Å². The smallest absolute Gasteiger partial charge is 0.226 e. The van der Waals surface area contributed by atoms with Gasteiger partial charge in [0.1, 0.15) is 6.04 Å². The van der Waals surface area contributed by atoms with Crippen LogP contribution in [0, 0.1) is 22.3 Å². The zero-order valence-corrected chi connectivity index (χ0v) is 17.2. The number of amides is 2. The van der Waals surface area contributed by atoms with E-state index in [2.05, 4.69) is 5.28 Å². The Hall–Kier alpha value is -2.10. The van der Waals surface area contributed by atoms with E-state index in [4.69, 9.17) is 4.74 Å². The third-order valence-electron chi connectivity index (χ3n) is 5.75. The number of hydrazine groups is 1. The van der Waals surface area contributed by atoms with Crippen LogP contribution in [0.5, 0.6) is 0 Å². The Labute approximate surface area is 166 Å². The van der Waals surface area contributed by atoms with Gasteiger partial charge in [-0.25, -0.2) is 0 Å². The van der Waals surface area contributed by atoms with Crippen LogP contribution in [-0.4, -0.2) is 83.1 Å². The first-order valence-corrected chi connectivity index (χ1v) is 10.0. The first kappa shape index (κ1) is 22.2. The molecular weight excluding hydrogens is 366 g/mol. The number of morpholine rings is 1. The second kappa shape index (κ2) is 9.90. The summed E-state index contributed by atoms with van der Waals surface area (Å²) >= 11 is 0. The van der Waals surface area contributed by atoms with Gasteiger partial charge in [-0.3, -0.25) is 9.59 Å². The molecule has 4 atom stereocenters. The summed E-state index contributed by atoms with van der Waals surface area (Å²) in [7, 11) is 0. The maximum Gasteiger partial charge on any atom is 0.226 e. The predicted molar refractivity (Wildman–Crippen MR) is 102 cm³/mol. The van der Waals surface area contributed by atoms with Crippen molar-refractivity contribution in [3.63, 3.8) is 0 Å². The number of hydrogen-bond donors (Lipinski definition) is 0. The van der Waals surface area contributed by atoms with Crippen LogP contribution in [0.1, 0.15) is 40.5 Å². The Balaban J connectivity index is 1.99. The number of carbonyl (C=O) groups excluding carboxylic acids is 2. The molecule has 0 bridgehead atoms. The van der Waals surface area contributed by atoms with Crippen LogP contribution in [-0.2, 0) is 14.3 Å². The summed E-state index contributed by atoms with van der Waals surface area (Å²) in [6.45, 7) is 10.4. The standard InChI is InChI=1S/C18H33N5O5/c1-5-16(10-13(2)17(24)20-6-8-28-9-7-20)18(25)21-11-15(4)22(12-14(21)3)23(27)19-26/h13-16,26H,5-12H2,1-4H3/p-1/b23-19-. The summed E-state index contributed by atoms with van der Waals surface area (Å²) in [6.07, 6.45) is 1.14. The number of rotatable bonds is 6. The van der Waals surface area contributed by atoms with Crippen LogP contribution >= 0.6 is 0 Å². The molecule has 4 unspecified atom stereocenters. The molecule has 2 heterocycles. The van der Waals surface area contributed by atoms with Gasteiger partial charge in [0, 0.05) is 36.4 Å². The van der Waals surface area contributed by atoms with E-state index >= 15 is 0 Å². The van der Waals surface area contributed by atoms with Crippen molar-refractivity contribution in [2.24, 2.45) is 17.1 Å². The molecule has 0 spiro atoms. The molecule has 0 radical (unpaired) electrons. The predicted octanol–water partition coefficient (Wildman–Crippen LogP) is 1.19. The van der Waals surface area contributed by atoms with Gasteiger partial charge in [0.05, 0.1) is 25.8 Å². The van der Waals surface area contributed by atoms with Crippen molar-refractivity contribution in [3.8, 4) is 0 Å². The molecule has 160 valence electrons. The van der Waals surface area contributed by atoms with Gasteiger partial charge in [-0.1, -0.05) is 13.8 Å². The van der Waals surface area contributed by atoms with E-state index in [9.17, 15) is 20.0 Å². The molecule has 2 aliphatic heterocycles. The molecule has 10 nitrogen and oxygen atoms in total. The molecule has 0 N–H and O–H groups in total. The van der Waals surface area contributed by atoms with Crippen molar-refractivity contribution in [1.29, 1.82) is 0 Å². The highest BCUT2D eigenvalue weighted by atomic mass is 16.6. The SMILES string of the molecule is CCC(CC(C)C(=O)N1CCOCC1)C(=O)N1CC(C)N(/[N+]([O-])=N/[O-])CC1C. The second-order valence-electron chi connectivity index (χ2n) is 7.82. The number of nitrogens with zero attached hydrogens (tertiary/aromatic N) is 5. The Morgan fingerprint density at radius 3 is 2.39 bits per heavy atom. The molecule has 28 heavy (non-hydrogen) atoms. The summed E-state index contributed by atoms with van der Waals surface area (Å²) in [5.74, 6) is -0.425. The summed E-state index contributed by atoms with van der Waals surface area (Å²) in [4.78, 5) is 29.5. The monoisotopic (exact) mass is 398 g/mol. The highest BCUT2D eigenvalue weighted by molar-refractivity contribution is 5.82. The van der Waals surface area contributed by atoms with Crippen molar-refractivity contribution in [3.05, 3.63) is 10.4 Å². The van der Waals surface area contributed by atoms with Crippen molar-refractivity contribution in [1.82, 2.24) is 14.8 Å². The van der Waals surface area contributed by atoms with E-state index in [1.54, 1.807) is 11.8 Å². The first-order valence-electron chi connectivity index (χ1n) is 10.0. The van der Waals surface area contributed by atoms with Gasteiger partial charge in [0.2, 0.25) is 11.8 Å². The lowest BCUT2D eigenvalue weighted by molar-refractivity contribution is -0.701. The van der Waals surface area contributed by atoms with Gasteiger partial charge < -0.3 is 25.0 Å². The lowest BCUT2D eigenvalue weighted by Crippen LogP contribution is -2.60. The van der Waals surface area contributed by atoms with Crippen LogP contribution in [0.25, 0.3) is 0 Å². The molecule has 10 heteroatoms. The topological polar surface area (TPSA) is 115 Å². The van der Waals surface area contributed by atoms with Crippen molar-refractivity contribution in [2.45, 2.75) is 52.6 Å². The molecule has 2 rings (SSSR count). The van der Waals surface area contributed by atoms with E-state index in [0.717, 1.165) is 0 Å². The van der Waals surface area contributed by atoms with Crippen LogP contribution in [0.3, 0.4) is 0 Å². The molecule has 0 aliphatic carbocycles. The number of carbonyl (C=O) groups is 2. The molecule has 2 fully saturated rings. The largest absolute Gasteiger partial charge is 0.737 e. The molecule has 2 saturated heterocycles. The van der Waals surface area contributed by atoms with Gasteiger partial charge in [-0.2, -0.15) is 0 Å². The summed E-state index contributed by atoms with van der Waals surface area (Å²) in [5.41, 5.74) is 0. The van der Waals surface area contributed by atoms with Crippen LogP contribution < -0.4 is 0 Å². The average Bonchev–Trinajstić information content (AvgIpc) is 2.72. The van der Waals surface area contributed by atoms with Crippen LogP contribution in [0.4, 0.5) is 0 Å². The molecule has 0 aromatic carbocycles. The molecular formula is C18H32N5O5-. The summed E-state index contributed by atoms with van der Waals surface area (Å²) in [5, 5.41) is 25.9. The minimum atomic E-state index is -0.305. The average molecular weight is 398 g/mol. The van der Waals surface area contributed by atoms with Crippen molar-refractivity contribution in [2.75, 3.05) is 39.4 Å². The maximum absolute atomic E-state index is 13.2. The van der Waals surface area contributed by atoms with Gasteiger partial charge in [0.25, 0.3) is 0 Å². The van der Waals surface area contributed by atoms with E-state index in [0.29, 0.717) is 45.7 Å². The van der Waals surface area contributed by atoms with Crippen LogP contribution in [0.2, 0.25) is 0 Å². The van der Waals surface area contributed by atoms with Gasteiger partial charge >= 0.3 is 0 Å². The fourth-order valence-corrected chi connectivity index (χ4v) is 4.00. The van der Waals surface area contributed by atoms with Crippen LogP contribution in [0.15, 0.2) is 5.28 Å². The summed E-state index contributed by atoms with van der Waals surface area (Å²) in [6, 6.07) is -0.526. The lowest BCUT2D eigenvalue weighted by Gasteiger charge is -2.42. The Kier molecular flexibility index (Phi) is 7.85. The first-order chi connectivity index (χ1) is 13.3. The Morgan fingerprint density at radius 2 is 1.82 bits per heavy atom. The maximum atomic E-state index is 13.2. The summed E-state index contributed by atoms with van der Waals surface area (Å²) < 4.78 is 5.29. The quantitative estimate of drug-likeness (QED) is 0.377. The second-order valence-corrected chi connectivity index (χ2v) is 7.82. The Morgan fingerprint density at radius 1 is 1.18 bits per heavy atom. The van der Waals surface area contributed by atoms with Crippen molar-refractivity contribution < 1.29 is 19.3 Å². The number of hydrogen-bond acceptors (Lipinski definition) is 6. The van der Waals surface area contributed by atoms with E-state index in [1.807, 2.05) is 25.7 Å². The fraction of sp³-hybridized carbons (Fsp3) is 0.889. The highest BCUT2D eigenvalue weighted by Gasteiger charge is 2.38. The molecule has 0 aromatic heterocycles. The normalized spacial score (nSPS) is 26.1. The molecule has 0 aromatic rings. The lowest BCUT2D eigenvalue weighted by atomic mass is 9.90. The van der Waals surface area contributed by atoms with E-state index < -0.39 is 0 Å². The number of piperazine rings is 1. The highest BCUT2D eigenvalue weighted by Crippen LogP contribution is 2.24. The third-order valence-corrected chi connectivity index (χ3v) is 5.75. The fourth-order valence-electron chi connectivity index (χ4n) is 4.00. The molecule has 2 aliphatic rings. The zero-order valence-electron chi connectivity index (χ0n) is 17.2. The minimum Gasteiger partial charge on any atom is -0.737 e.